The number of anilines is 1. The van der Waals surface area contributed by atoms with E-state index in [9.17, 15) is 9.59 Å². The summed E-state index contributed by atoms with van der Waals surface area (Å²) >= 11 is 0. The van der Waals surface area contributed by atoms with E-state index in [1.54, 1.807) is 6.92 Å². The third-order valence-corrected chi connectivity index (χ3v) is 7.43. The SMILES string of the molecule is CCOC(=O)C[C@@H](c1ccc2c(c1)OCC2)N1CC[C@H](CCCc2ccc3c(n2)NCCC3)C1=O. The molecule has 0 bridgehead atoms. The average molecular weight is 478 g/mol. The quantitative estimate of drug-likeness (QED) is 0.544. The minimum atomic E-state index is -0.325. The third-order valence-electron chi connectivity index (χ3n) is 7.43. The van der Waals surface area contributed by atoms with Crippen LogP contribution in [0.25, 0.3) is 0 Å². The molecule has 1 N–H and O–H groups in total. The number of likely N-dealkylation sites (tertiary alicyclic amines) is 1. The Kier molecular flexibility index (Phi) is 7.21. The molecule has 35 heavy (non-hydrogen) atoms. The lowest BCUT2D eigenvalue weighted by Gasteiger charge is -2.28. The number of nitrogens with one attached hydrogen (secondary N) is 1. The number of aromatic nitrogens is 1. The monoisotopic (exact) mass is 477 g/mol. The molecule has 1 aromatic heterocycles. The summed E-state index contributed by atoms with van der Waals surface area (Å²) in [4.78, 5) is 32.6. The normalized spacial score (nSPS) is 19.5. The van der Waals surface area contributed by atoms with Crippen molar-refractivity contribution in [1.82, 2.24) is 9.88 Å². The van der Waals surface area contributed by atoms with Gasteiger partial charge in [0.2, 0.25) is 5.91 Å². The molecule has 0 radical (unpaired) electrons. The number of ether oxygens (including phenoxy) is 2. The fourth-order valence-electron chi connectivity index (χ4n) is 5.55. The Hall–Kier alpha value is -3.09. The molecule has 7 nitrogen and oxygen atoms in total. The lowest BCUT2D eigenvalue weighted by molar-refractivity contribution is -0.145. The molecule has 3 aliphatic heterocycles. The average Bonchev–Trinajstić information content (AvgIpc) is 3.49. The zero-order chi connectivity index (χ0) is 24.2. The number of hydrogen-bond acceptors (Lipinski definition) is 6. The number of rotatable bonds is 9. The summed E-state index contributed by atoms with van der Waals surface area (Å²) in [6.07, 6.45) is 6.75. The standard InChI is InChI=1S/C28H35N3O4/c1-2-34-26(32)18-24(22-9-8-19-13-16-35-25(19)17-22)31-15-12-21(28(31)33)5-3-7-23-11-10-20-6-4-14-29-27(20)30-23/h8-11,17,21,24H,2-7,12-16,18H2,1H3,(H,29,30)/t21-,24-/m0/s1. The van der Waals surface area contributed by atoms with E-state index in [2.05, 4.69) is 23.5 Å². The fraction of sp³-hybridized carbons (Fsp3) is 0.536. The van der Waals surface area contributed by atoms with Gasteiger partial charge in [0.25, 0.3) is 0 Å². The van der Waals surface area contributed by atoms with Crippen molar-refractivity contribution in [2.24, 2.45) is 5.92 Å². The number of benzene rings is 1. The number of nitrogens with zero attached hydrogens (tertiary/aromatic N) is 2. The highest BCUT2D eigenvalue weighted by Crippen LogP contribution is 2.37. The minimum Gasteiger partial charge on any atom is -0.493 e. The third kappa shape index (κ3) is 5.29. The van der Waals surface area contributed by atoms with Gasteiger partial charge in [0.05, 0.1) is 25.7 Å². The molecule has 0 aliphatic carbocycles. The van der Waals surface area contributed by atoms with Gasteiger partial charge in [-0.1, -0.05) is 18.2 Å². The van der Waals surface area contributed by atoms with Crippen LogP contribution in [0.2, 0.25) is 0 Å². The molecular formula is C28H35N3O4. The summed E-state index contributed by atoms with van der Waals surface area (Å²) in [6.45, 7) is 4.47. The van der Waals surface area contributed by atoms with Gasteiger partial charge in [0, 0.05) is 31.1 Å². The Morgan fingerprint density at radius 2 is 2.14 bits per heavy atom. The van der Waals surface area contributed by atoms with Gasteiger partial charge >= 0.3 is 5.97 Å². The van der Waals surface area contributed by atoms with Crippen LogP contribution in [0, 0.1) is 5.92 Å². The van der Waals surface area contributed by atoms with Crippen molar-refractivity contribution in [2.75, 3.05) is 31.6 Å². The molecule has 0 spiro atoms. The van der Waals surface area contributed by atoms with Crippen LogP contribution in [0.3, 0.4) is 0 Å². The summed E-state index contributed by atoms with van der Waals surface area (Å²) in [7, 11) is 0. The van der Waals surface area contributed by atoms with E-state index in [4.69, 9.17) is 14.5 Å². The predicted molar refractivity (Wildman–Crippen MR) is 133 cm³/mol. The van der Waals surface area contributed by atoms with Crippen molar-refractivity contribution in [3.63, 3.8) is 0 Å². The van der Waals surface area contributed by atoms with E-state index in [0.717, 1.165) is 74.3 Å². The topological polar surface area (TPSA) is 80.8 Å². The van der Waals surface area contributed by atoms with Gasteiger partial charge < -0.3 is 19.7 Å². The molecule has 2 aromatic rings. The smallest absolute Gasteiger partial charge is 0.308 e. The zero-order valence-electron chi connectivity index (χ0n) is 20.6. The molecule has 186 valence electrons. The van der Waals surface area contributed by atoms with Gasteiger partial charge in [-0.25, -0.2) is 4.98 Å². The minimum absolute atomic E-state index is 0.0128. The molecule has 1 saturated heterocycles. The fourth-order valence-corrected chi connectivity index (χ4v) is 5.55. The summed E-state index contributed by atoms with van der Waals surface area (Å²) in [5, 5.41) is 3.40. The van der Waals surface area contributed by atoms with Crippen LogP contribution >= 0.6 is 0 Å². The molecule has 2 atom stereocenters. The van der Waals surface area contributed by atoms with Gasteiger partial charge in [-0.3, -0.25) is 9.59 Å². The van der Waals surface area contributed by atoms with Gasteiger partial charge in [0.15, 0.2) is 0 Å². The largest absolute Gasteiger partial charge is 0.493 e. The maximum absolute atomic E-state index is 13.4. The number of carbonyl (C=O) groups excluding carboxylic acids is 2. The molecule has 1 fully saturated rings. The first-order valence-electron chi connectivity index (χ1n) is 13.1. The van der Waals surface area contributed by atoms with E-state index >= 15 is 0 Å². The first-order valence-corrected chi connectivity index (χ1v) is 13.1. The van der Waals surface area contributed by atoms with Gasteiger partial charge in [-0.2, -0.15) is 0 Å². The van der Waals surface area contributed by atoms with Gasteiger partial charge in [-0.15, -0.1) is 0 Å². The highest BCUT2D eigenvalue weighted by Gasteiger charge is 2.37. The predicted octanol–water partition coefficient (Wildman–Crippen LogP) is 4.24. The van der Waals surface area contributed by atoms with Crippen LogP contribution in [0.4, 0.5) is 5.82 Å². The summed E-state index contributed by atoms with van der Waals surface area (Å²) in [6, 6.07) is 10.1. The van der Waals surface area contributed by atoms with Crippen LogP contribution in [0.15, 0.2) is 30.3 Å². The first kappa shape index (κ1) is 23.6. The van der Waals surface area contributed by atoms with Crippen molar-refractivity contribution in [1.29, 1.82) is 0 Å². The molecule has 5 rings (SSSR count). The van der Waals surface area contributed by atoms with E-state index in [0.29, 0.717) is 19.8 Å². The Balaban J connectivity index is 1.23. The summed E-state index contributed by atoms with van der Waals surface area (Å²) in [5.41, 5.74) is 4.50. The van der Waals surface area contributed by atoms with Gasteiger partial charge in [-0.05, 0) is 74.3 Å². The number of aryl methyl sites for hydroxylation is 2. The number of esters is 1. The summed E-state index contributed by atoms with van der Waals surface area (Å²) < 4.78 is 11.0. The Bertz CT molecular complexity index is 1090. The number of carbonyl (C=O) groups is 2. The number of hydrogen-bond donors (Lipinski definition) is 1. The molecule has 7 heteroatoms. The van der Waals surface area contributed by atoms with E-state index in [1.807, 2.05) is 17.0 Å². The maximum Gasteiger partial charge on any atom is 0.308 e. The lowest BCUT2D eigenvalue weighted by atomic mass is 9.98. The zero-order valence-corrected chi connectivity index (χ0v) is 20.6. The lowest BCUT2D eigenvalue weighted by Crippen LogP contribution is -2.33. The highest BCUT2D eigenvalue weighted by molar-refractivity contribution is 5.82. The van der Waals surface area contributed by atoms with E-state index in [-0.39, 0.29) is 30.3 Å². The van der Waals surface area contributed by atoms with Crippen LogP contribution in [0.5, 0.6) is 5.75 Å². The molecule has 4 heterocycles. The van der Waals surface area contributed by atoms with Crippen molar-refractivity contribution < 1.29 is 19.1 Å². The summed E-state index contributed by atoms with van der Waals surface area (Å²) in [5.74, 6) is 1.74. The molecule has 0 saturated carbocycles. The van der Waals surface area contributed by atoms with Crippen molar-refractivity contribution in [3.05, 3.63) is 52.7 Å². The Morgan fingerprint density at radius 1 is 1.26 bits per heavy atom. The Labute approximate surface area is 207 Å². The molecular weight excluding hydrogens is 442 g/mol. The Morgan fingerprint density at radius 3 is 3.03 bits per heavy atom. The van der Waals surface area contributed by atoms with Crippen molar-refractivity contribution >= 4 is 17.7 Å². The second-order valence-electron chi connectivity index (χ2n) is 9.74. The first-order chi connectivity index (χ1) is 17.1. The highest BCUT2D eigenvalue weighted by atomic mass is 16.5. The van der Waals surface area contributed by atoms with Gasteiger partial charge in [0.1, 0.15) is 11.6 Å². The van der Waals surface area contributed by atoms with E-state index in [1.165, 1.54) is 11.1 Å². The van der Waals surface area contributed by atoms with Crippen LogP contribution in [0.1, 0.15) is 67.5 Å². The molecule has 1 amide bonds. The molecule has 0 unspecified atom stereocenters. The second-order valence-corrected chi connectivity index (χ2v) is 9.74. The van der Waals surface area contributed by atoms with Crippen LogP contribution < -0.4 is 10.1 Å². The van der Waals surface area contributed by atoms with Crippen molar-refractivity contribution in [3.8, 4) is 5.75 Å². The number of fused-ring (bicyclic) bond motifs is 2. The second kappa shape index (κ2) is 10.7. The maximum atomic E-state index is 13.4. The van der Waals surface area contributed by atoms with Crippen LogP contribution in [-0.2, 0) is 33.6 Å². The number of amides is 1. The van der Waals surface area contributed by atoms with E-state index < -0.39 is 0 Å². The van der Waals surface area contributed by atoms with Crippen LogP contribution in [-0.4, -0.2) is 48.1 Å². The number of pyridine rings is 1. The molecule has 1 aromatic carbocycles. The van der Waals surface area contributed by atoms with Crippen molar-refractivity contribution in [2.45, 2.75) is 64.3 Å². The molecule has 3 aliphatic rings.